The molecule has 3 atom stereocenters. The minimum Gasteiger partial charge on any atom is -0.497 e. The lowest BCUT2D eigenvalue weighted by Crippen LogP contribution is -2.46. The van der Waals surface area contributed by atoms with Crippen LogP contribution in [0.1, 0.15) is 62.3 Å². The van der Waals surface area contributed by atoms with E-state index in [2.05, 4.69) is 16.0 Å². The number of rotatable bonds is 20. The van der Waals surface area contributed by atoms with E-state index in [0.717, 1.165) is 18.2 Å². The summed E-state index contributed by atoms with van der Waals surface area (Å²) < 4.78 is 53.6. The van der Waals surface area contributed by atoms with Crippen molar-refractivity contribution in [3.8, 4) is 28.7 Å². The Morgan fingerprint density at radius 3 is 1.24 bits per heavy atom. The van der Waals surface area contributed by atoms with Gasteiger partial charge in [0.2, 0.25) is 11.6 Å². The number of carboxylic acid groups (broad SMARTS) is 3. The highest BCUT2D eigenvalue weighted by molar-refractivity contribution is 5.81. The first-order valence-electron chi connectivity index (χ1n) is 21.2. The molecule has 3 aromatic carbocycles. The van der Waals surface area contributed by atoms with Gasteiger partial charge in [-0.2, -0.15) is 4.39 Å². The number of amides is 3. The van der Waals surface area contributed by atoms with Crippen molar-refractivity contribution in [2.75, 3.05) is 34.0 Å². The third kappa shape index (κ3) is 23.7. The van der Waals surface area contributed by atoms with Crippen LogP contribution in [0.15, 0.2) is 54.6 Å². The number of para-hydroxylation sites is 1. The minimum absolute atomic E-state index is 0.150. The first-order valence-corrected chi connectivity index (χ1v) is 21.2. The van der Waals surface area contributed by atoms with Crippen LogP contribution in [0.3, 0.4) is 0 Å². The molecule has 29 nitrogen and oxygen atoms in total. The van der Waals surface area contributed by atoms with Crippen molar-refractivity contribution in [2.24, 2.45) is 0 Å². The third-order valence-corrected chi connectivity index (χ3v) is 8.04. The zero-order valence-electron chi connectivity index (χ0n) is 41.8. The number of carboxylic acids is 3. The maximum Gasteiger partial charge on any atom is 0.408 e. The average Bonchev–Trinajstić information content (AvgIpc) is 3.25. The molecule has 0 bridgehead atoms. The smallest absolute Gasteiger partial charge is 0.408 e. The van der Waals surface area contributed by atoms with Crippen molar-refractivity contribution in [1.82, 2.24) is 16.0 Å². The van der Waals surface area contributed by atoms with Crippen molar-refractivity contribution in [1.29, 1.82) is 0 Å². The highest BCUT2D eigenvalue weighted by Gasteiger charge is 2.30. The Labute approximate surface area is 420 Å². The molecule has 6 N–H and O–H groups in total. The van der Waals surface area contributed by atoms with Gasteiger partial charge in [-0.05, 0) is 92.6 Å². The highest BCUT2D eigenvalue weighted by Crippen LogP contribution is 2.33. The third-order valence-electron chi connectivity index (χ3n) is 8.04. The predicted molar refractivity (Wildman–Crippen MR) is 251 cm³/mol. The Balaban J connectivity index is 0.000000555. The Kier molecular flexibility index (Phi) is 24.0. The largest absolute Gasteiger partial charge is 0.497 e. The van der Waals surface area contributed by atoms with Crippen molar-refractivity contribution < 1.29 is 101 Å². The lowest BCUT2D eigenvalue weighted by molar-refractivity contribution is -0.388. The number of carbonyl (C=O) groups is 6. The molecule has 0 aliphatic carbocycles. The molecule has 0 saturated heterocycles. The lowest BCUT2D eigenvalue weighted by Gasteiger charge is -2.22. The first-order chi connectivity index (χ1) is 34.1. The summed E-state index contributed by atoms with van der Waals surface area (Å²) in [6.07, 6.45) is -2.87. The maximum atomic E-state index is 13.5. The predicted octanol–water partition coefficient (Wildman–Crippen LogP) is 6.01. The molecule has 3 aromatic rings. The Hall–Kier alpha value is -8.99. The fraction of sp³-hybridized carbons (Fsp3) is 0.455. The maximum absolute atomic E-state index is 13.5. The van der Waals surface area contributed by atoms with E-state index in [9.17, 15) is 63.5 Å². The lowest BCUT2D eigenvalue weighted by atomic mass is 10.2. The van der Waals surface area contributed by atoms with Gasteiger partial charge in [-0.1, -0.05) is 6.07 Å². The summed E-state index contributed by atoms with van der Waals surface area (Å²) in [5.74, 6) is -5.54. The molecule has 0 aromatic heterocycles. The standard InChI is InChI=1S/2C15H20N2O8.C14H17FN2O7/c1-15(2,3)25-14(20)16-10(13(18)19)8-24-12-6-5-9(23-4)7-11(12)17(21)22;1-15(2,3)25-14(20)16-10(13(18)19)8-24-12-7-9(23-4)5-6-11(12)17(21)22;1-14(2,3)24-13(20)16-9(12(18)19)7-23-10-6-4-5-8(15)11(10)17(21)22/h2*5-7,10H,8H2,1-4H3,(H,16,20)(H,18,19);4-6,9H,7H2,1-3H3,(H,16,20)(H,18,19)/t2*10-;9-/m000/s1. The molecule has 0 fully saturated rings. The van der Waals surface area contributed by atoms with E-state index in [1.54, 1.807) is 62.3 Å². The van der Waals surface area contributed by atoms with Gasteiger partial charge in [0.05, 0.1) is 35.1 Å². The number of nitro benzene ring substituents is 3. The number of hydrogen-bond acceptors (Lipinski definition) is 20. The van der Waals surface area contributed by atoms with Crippen LogP contribution in [0.25, 0.3) is 0 Å². The normalized spacial score (nSPS) is 12.1. The molecule has 3 amide bonds. The number of hydrogen-bond donors (Lipinski definition) is 6. The fourth-order valence-electron chi connectivity index (χ4n) is 4.96. The first kappa shape index (κ1) is 63.0. The topological polar surface area (TPSA) is 402 Å². The number of ether oxygens (including phenoxy) is 8. The van der Waals surface area contributed by atoms with E-state index < -0.39 is 123 Å². The summed E-state index contributed by atoms with van der Waals surface area (Å²) in [7, 11) is 2.72. The zero-order chi connectivity index (χ0) is 56.9. The van der Waals surface area contributed by atoms with Gasteiger partial charge in [0, 0.05) is 12.1 Å². The monoisotopic (exact) mass is 1060 g/mol. The fourth-order valence-corrected chi connectivity index (χ4v) is 4.96. The molecular weight excluding hydrogens is 1000 g/mol. The van der Waals surface area contributed by atoms with Crippen molar-refractivity contribution >= 4 is 53.2 Å². The van der Waals surface area contributed by atoms with Crippen LogP contribution in [0.2, 0.25) is 0 Å². The van der Waals surface area contributed by atoms with Crippen molar-refractivity contribution in [2.45, 2.75) is 97.2 Å². The zero-order valence-corrected chi connectivity index (χ0v) is 41.8. The number of methoxy groups -OCH3 is 2. The summed E-state index contributed by atoms with van der Waals surface area (Å²) >= 11 is 0. The molecule has 0 unspecified atom stereocenters. The molecule has 74 heavy (non-hydrogen) atoms. The molecule has 0 saturated carbocycles. The van der Waals surface area contributed by atoms with Crippen LogP contribution in [0.5, 0.6) is 28.7 Å². The minimum atomic E-state index is -1.54. The van der Waals surface area contributed by atoms with E-state index in [0.29, 0.717) is 5.75 Å². The van der Waals surface area contributed by atoms with Gasteiger partial charge in [0.1, 0.15) is 48.1 Å². The number of alkyl carbamates (subject to hydrolysis) is 3. The van der Waals surface area contributed by atoms with Gasteiger partial charge in [-0.25, -0.2) is 28.8 Å². The summed E-state index contributed by atoms with van der Waals surface area (Å²) in [6.45, 7) is 12.8. The van der Waals surface area contributed by atoms with Gasteiger partial charge < -0.3 is 69.2 Å². The summed E-state index contributed by atoms with van der Waals surface area (Å²) in [6, 6.07) is 6.38. The van der Waals surface area contributed by atoms with Crippen LogP contribution in [-0.4, -0.2) is 135 Å². The van der Waals surface area contributed by atoms with Crippen molar-refractivity contribution in [3.05, 3.63) is 90.8 Å². The highest BCUT2D eigenvalue weighted by atomic mass is 19.1. The molecule has 30 heteroatoms. The van der Waals surface area contributed by atoms with E-state index >= 15 is 0 Å². The van der Waals surface area contributed by atoms with Crippen LogP contribution < -0.4 is 39.6 Å². The SMILES string of the molecule is CC(C)(C)OC(=O)N[C@@H](COc1cccc(F)c1[N+](=O)[O-])C(=O)O.COc1ccc(OC[C@H](NC(=O)OC(C)(C)C)C(=O)O)c([N+](=O)[O-])c1.COc1ccc([N+](=O)[O-])c(OC[C@H](NC(=O)OC(C)(C)C)C(=O)O)c1. The number of nitrogens with one attached hydrogen (secondary N) is 3. The molecule has 408 valence electrons. The summed E-state index contributed by atoms with van der Waals surface area (Å²) in [5.41, 5.74) is -4.11. The van der Waals surface area contributed by atoms with E-state index in [-0.39, 0.29) is 28.6 Å². The molecule has 0 heterocycles. The second-order valence-corrected chi connectivity index (χ2v) is 17.6. The molecule has 3 rings (SSSR count). The number of nitrogens with zero attached hydrogens (tertiary/aromatic N) is 3. The summed E-state index contributed by atoms with van der Waals surface area (Å²) in [4.78, 5) is 99.2. The number of benzene rings is 3. The number of halogens is 1. The van der Waals surface area contributed by atoms with E-state index in [1.807, 2.05) is 0 Å². The second-order valence-electron chi connectivity index (χ2n) is 17.6. The average molecular weight is 1060 g/mol. The number of aliphatic carboxylic acids is 3. The Morgan fingerprint density at radius 2 is 0.892 bits per heavy atom. The molecule has 0 aliphatic heterocycles. The van der Waals surface area contributed by atoms with Crippen LogP contribution >= 0.6 is 0 Å². The quantitative estimate of drug-likeness (QED) is 0.0428. The van der Waals surface area contributed by atoms with Crippen molar-refractivity contribution in [3.63, 3.8) is 0 Å². The molecule has 0 aliphatic rings. The summed E-state index contributed by atoms with van der Waals surface area (Å²) in [5, 5.41) is 66.6. The van der Waals surface area contributed by atoms with Gasteiger partial charge in [0.15, 0.2) is 29.6 Å². The Bertz CT molecular complexity index is 2490. The van der Waals surface area contributed by atoms with Crippen LogP contribution in [0.4, 0.5) is 35.8 Å². The number of nitro groups is 3. The van der Waals surface area contributed by atoms with Gasteiger partial charge in [-0.3, -0.25) is 30.3 Å². The Morgan fingerprint density at radius 1 is 0.527 bits per heavy atom. The van der Waals surface area contributed by atoms with Gasteiger partial charge >= 0.3 is 53.2 Å². The second kappa shape index (κ2) is 28.2. The molecule has 0 spiro atoms. The van der Waals surface area contributed by atoms with Gasteiger partial charge in [-0.15, -0.1) is 0 Å². The van der Waals surface area contributed by atoms with Gasteiger partial charge in [0.25, 0.3) is 0 Å². The van der Waals surface area contributed by atoms with E-state index in [4.69, 9.17) is 53.2 Å². The molecule has 0 radical (unpaired) electrons. The van der Waals surface area contributed by atoms with Crippen LogP contribution in [-0.2, 0) is 28.6 Å². The van der Waals surface area contributed by atoms with E-state index in [1.165, 1.54) is 50.6 Å². The number of carbonyl (C=O) groups excluding carboxylic acids is 3. The van der Waals surface area contributed by atoms with Crippen LogP contribution in [0, 0.1) is 36.2 Å². The molecular formula is C44H57FN6O23.